The van der Waals surface area contributed by atoms with Crippen molar-refractivity contribution in [3.05, 3.63) is 0 Å². The van der Waals surface area contributed by atoms with Crippen molar-refractivity contribution in [2.45, 2.75) is 58.4 Å². The molecule has 1 atom stereocenters. The van der Waals surface area contributed by atoms with Crippen LogP contribution in [0.25, 0.3) is 0 Å². The van der Waals surface area contributed by atoms with E-state index in [1.807, 2.05) is 0 Å². The fraction of sp³-hybridized carbons (Fsp3) is 0.929. The Balaban J connectivity index is 0.00000162. The van der Waals surface area contributed by atoms with E-state index in [4.69, 9.17) is 0 Å². The molecule has 2 rings (SSSR count). The quantitative estimate of drug-likeness (QED) is 0.858. The summed E-state index contributed by atoms with van der Waals surface area (Å²) in [7, 11) is 0. The van der Waals surface area contributed by atoms with Gasteiger partial charge in [-0.15, -0.1) is 12.4 Å². The minimum atomic E-state index is 0. The highest BCUT2D eigenvalue weighted by Gasteiger charge is 2.31. The third kappa shape index (κ3) is 3.86. The summed E-state index contributed by atoms with van der Waals surface area (Å²) in [6.45, 7) is 7.64. The Bertz CT molecular complexity index is 269. The molecule has 2 aliphatic heterocycles. The van der Waals surface area contributed by atoms with Crippen LogP contribution >= 0.6 is 12.4 Å². The van der Waals surface area contributed by atoms with Crippen LogP contribution in [0.4, 0.5) is 0 Å². The minimum absolute atomic E-state index is 0. The van der Waals surface area contributed by atoms with Crippen LogP contribution in [0.5, 0.6) is 0 Å². The molecule has 1 unspecified atom stereocenters. The molecular weight excluding hydrogens is 248 g/mol. The summed E-state index contributed by atoms with van der Waals surface area (Å²) >= 11 is 0. The number of carbonyl (C=O) groups excluding carboxylic acids is 1. The second kappa shape index (κ2) is 6.76. The number of hydrogen-bond donors (Lipinski definition) is 1. The summed E-state index contributed by atoms with van der Waals surface area (Å²) in [5, 5.41) is 3.41. The normalized spacial score (nSPS) is 26.8. The van der Waals surface area contributed by atoms with E-state index in [0.717, 1.165) is 19.6 Å². The van der Waals surface area contributed by atoms with Crippen LogP contribution in [0.1, 0.15) is 52.4 Å². The highest BCUT2D eigenvalue weighted by atomic mass is 35.5. The number of nitrogens with zero attached hydrogens (tertiary/aromatic N) is 1. The zero-order chi connectivity index (χ0) is 12.3. The monoisotopic (exact) mass is 274 g/mol. The molecule has 4 heteroatoms. The van der Waals surface area contributed by atoms with E-state index in [9.17, 15) is 4.79 Å². The smallest absolute Gasteiger partial charge is 0.224 e. The van der Waals surface area contributed by atoms with E-state index < -0.39 is 0 Å². The zero-order valence-electron chi connectivity index (χ0n) is 11.7. The van der Waals surface area contributed by atoms with Gasteiger partial charge in [0.05, 0.1) is 0 Å². The molecule has 0 aromatic carbocycles. The molecule has 2 saturated heterocycles. The molecule has 2 aliphatic rings. The Labute approximate surface area is 117 Å². The van der Waals surface area contributed by atoms with E-state index in [1.54, 1.807) is 0 Å². The van der Waals surface area contributed by atoms with E-state index in [1.165, 1.54) is 32.1 Å². The summed E-state index contributed by atoms with van der Waals surface area (Å²) in [4.78, 5) is 14.2. The summed E-state index contributed by atoms with van der Waals surface area (Å²) in [5.74, 6) is 0.363. The van der Waals surface area contributed by atoms with E-state index in [0.29, 0.717) is 23.8 Å². The van der Waals surface area contributed by atoms with Crippen molar-refractivity contribution in [3.8, 4) is 0 Å². The number of likely N-dealkylation sites (tertiary alicyclic amines) is 1. The third-order valence-corrected chi connectivity index (χ3v) is 4.76. The van der Waals surface area contributed by atoms with Gasteiger partial charge in [-0.25, -0.2) is 0 Å². The lowest BCUT2D eigenvalue weighted by Crippen LogP contribution is -2.43. The first-order valence-electron chi connectivity index (χ1n) is 7.14. The van der Waals surface area contributed by atoms with Gasteiger partial charge in [0.2, 0.25) is 5.91 Å². The molecule has 3 nitrogen and oxygen atoms in total. The zero-order valence-corrected chi connectivity index (χ0v) is 12.5. The molecule has 106 valence electrons. The van der Waals surface area contributed by atoms with Gasteiger partial charge in [0.1, 0.15) is 0 Å². The maximum atomic E-state index is 12.1. The summed E-state index contributed by atoms with van der Waals surface area (Å²) < 4.78 is 0. The number of rotatable bonds is 3. The molecule has 0 aromatic rings. The molecule has 0 bridgehead atoms. The van der Waals surface area contributed by atoms with E-state index in [-0.39, 0.29) is 12.4 Å². The molecule has 18 heavy (non-hydrogen) atoms. The standard InChI is InChI=1S/C14H26N2O.ClH/c1-3-14(2)6-9-16(10-7-14)13(17)11-12-5-4-8-15-12;/h12,15H,3-11H2,1-2H3;1H. The number of nitrogens with one attached hydrogen (secondary N) is 1. The highest BCUT2D eigenvalue weighted by Crippen LogP contribution is 2.34. The molecule has 0 radical (unpaired) electrons. The van der Waals surface area contributed by atoms with Gasteiger partial charge in [0.25, 0.3) is 0 Å². The molecule has 0 saturated carbocycles. The van der Waals surface area contributed by atoms with Crippen LogP contribution in [0.15, 0.2) is 0 Å². The number of piperidine rings is 1. The highest BCUT2D eigenvalue weighted by molar-refractivity contribution is 5.85. The Morgan fingerprint density at radius 3 is 2.56 bits per heavy atom. The predicted molar refractivity (Wildman–Crippen MR) is 77.1 cm³/mol. The van der Waals surface area contributed by atoms with Crippen LogP contribution < -0.4 is 5.32 Å². The fourth-order valence-corrected chi connectivity index (χ4v) is 2.92. The maximum absolute atomic E-state index is 12.1. The maximum Gasteiger partial charge on any atom is 0.224 e. The Hall–Kier alpha value is -0.280. The lowest BCUT2D eigenvalue weighted by atomic mass is 9.78. The molecule has 2 heterocycles. The lowest BCUT2D eigenvalue weighted by Gasteiger charge is -2.39. The van der Waals surface area contributed by atoms with Gasteiger partial charge in [0, 0.05) is 25.6 Å². The molecule has 1 amide bonds. The molecule has 0 aromatic heterocycles. The summed E-state index contributed by atoms with van der Waals surface area (Å²) in [5.41, 5.74) is 0.475. The van der Waals surface area contributed by atoms with Gasteiger partial charge in [-0.2, -0.15) is 0 Å². The van der Waals surface area contributed by atoms with Gasteiger partial charge in [-0.05, 0) is 37.6 Å². The fourth-order valence-electron chi connectivity index (χ4n) is 2.92. The number of halogens is 1. The van der Waals surface area contributed by atoms with Crippen molar-refractivity contribution < 1.29 is 4.79 Å². The van der Waals surface area contributed by atoms with Crippen molar-refractivity contribution in [1.29, 1.82) is 0 Å². The van der Waals surface area contributed by atoms with E-state index >= 15 is 0 Å². The largest absolute Gasteiger partial charge is 0.343 e. The SMILES string of the molecule is CCC1(C)CCN(C(=O)CC2CCCN2)CC1.Cl. The first kappa shape index (κ1) is 15.8. The van der Waals surface area contributed by atoms with E-state index in [2.05, 4.69) is 24.1 Å². The molecule has 2 fully saturated rings. The number of hydrogen-bond acceptors (Lipinski definition) is 2. The van der Waals surface area contributed by atoms with Crippen LogP contribution in [-0.4, -0.2) is 36.5 Å². The van der Waals surface area contributed by atoms with Crippen LogP contribution in [-0.2, 0) is 4.79 Å². The first-order chi connectivity index (χ1) is 8.13. The molecule has 0 aliphatic carbocycles. The molecule has 0 spiro atoms. The van der Waals surface area contributed by atoms with Gasteiger partial charge in [-0.3, -0.25) is 4.79 Å². The van der Waals surface area contributed by atoms with Crippen molar-refractivity contribution >= 4 is 18.3 Å². The number of carbonyl (C=O) groups is 1. The van der Waals surface area contributed by atoms with Crippen molar-refractivity contribution in [3.63, 3.8) is 0 Å². The topological polar surface area (TPSA) is 32.3 Å². The van der Waals surface area contributed by atoms with Gasteiger partial charge < -0.3 is 10.2 Å². The van der Waals surface area contributed by atoms with Crippen molar-refractivity contribution in [2.75, 3.05) is 19.6 Å². The second-order valence-electron chi connectivity index (χ2n) is 6.04. The van der Waals surface area contributed by atoms with Crippen LogP contribution in [0, 0.1) is 5.41 Å². The molecule has 1 N–H and O–H groups in total. The first-order valence-corrected chi connectivity index (χ1v) is 7.14. The molecular formula is C14H27ClN2O. The van der Waals surface area contributed by atoms with Crippen LogP contribution in [0.3, 0.4) is 0 Å². The summed E-state index contributed by atoms with van der Waals surface area (Å²) in [6, 6.07) is 0.446. The van der Waals surface area contributed by atoms with Gasteiger partial charge in [-0.1, -0.05) is 20.3 Å². The minimum Gasteiger partial charge on any atom is -0.343 e. The third-order valence-electron chi connectivity index (χ3n) is 4.76. The van der Waals surface area contributed by atoms with Gasteiger partial charge >= 0.3 is 0 Å². The predicted octanol–water partition coefficient (Wildman–Crippen LogP) is 2.59. The van der Waals surface area contributed by atoms with Crippen LogP contribution in [0.2, 0.25) is 0 Å². The van der Waals surface area contributed by atoms with Gasteiger partial charge in [0.15, 0.2) is 0 Å². The lowest BCUT2D eigenvalue weighted by molar-refractivity contribution is -0.133. The Morgan fingerprint density at radius 1 is 1.39 bits per heavy atom. The Morgan fingerprint density at radius 2 is 2.06 bits per heavy atom. The summed E-state index contributed by atoms with van der Waals surface area (Å²) in [6.07, 6.45) is 6.70. The number of amides is 1. The van der Waals surface area contributed by atoms with Crippen molar-refractivity contribution in [2.24, 2.45) is 5.41 Å². The Kier molecular flexibility index (Phi) is 5.93. The van der Waals surface area contributed by atoms with Crippen molar-refractivity contribution in [1.82, 2.24) is 10.2 Å². The average Bonchev–Trinajstić information content (AvgIpc) is 2.83. The average molecular weight is 275 g/mol. The second-order valence-corrected chi connectivity index (χ2v) is 6.04.